The molecule has 1 aliphatic rings. The molecule has 0 saturated heterocycles. The van der Waals surface area contributed by atoms with Crippen LogP contribution in [0.5, 0.6) is 11.5 Å². The molecule has 0 atom stereocenters. The van der Waals surface area contributed by atoms with Gasteiger partial charge in [0.2, 0.25) is 0 Å². The van der Waals surface area contributed by atoms with Gasteiger partial charge in [-0.3, -0.25) is 0 Å². The van der Waals surface area contributed by atoms with Crippen molar-refractivity contribution in [2.45, 2.75) is 0 Å². The van der Waals surface area contributed by atoms with Crippen LogP contribution >= 0.6 is 0 Å². The minimum Gasteiger partial charge on any atom is -0.497 e. The van der Waals surface area contributed by atoms with Crippen LogP contribution in [0.1, 0.15) is 0 Å². The van der Waals surface area contributed by atoms with Gasteiger partial charge in [0.1, 0.15) is 17.3 Å². The zero-order chi connectivity index (χ0) is 14.0. The van der Waals surface area contributed by atoms with Crippen molar-refractivity contribution in [3.63, 3.8) is 0 Å². The Morgan fingerprint density at radius 3 is 2.26 bits per heavy atom. The van der Waals surface area contributed by atoms with E-state index < -0.39 is 20.9 Å². The van der Waals surface area contributed by atoms with Gasteiger partial charge in [0.15, 0.2) is 4.91 Å². The van der Waals surface area contributed by atoms with Crippen molar-refractivity contribution >= 4 is 21.8 Å². The third-order valence-corrected chi connectivity index (χ3v) is 3.55. The van der Waals surface area contributed by atoms with Crippen LogP contribution in [-0.4, -0.2) is 27.3 Å². The number of sulfonamides is 1. The Morgan fingerprint density at radius 2 is 1.79 bits per heavy atom. The summed E-state index contributed by atoms with van der Waals surface area (Å²) in [5.74, 6) is -0.511. The zero-order valence-corrected chi connectivity index (χ0v) is 10.7. The number of carbonyl (C=O) groups is 1. The van der Waals surface area contributed by atoms with E-state index in [1.807, 2.05) is 0 Å². The molecule has 0 aliphatic carbocycles. The van der Waals surface area contributed by atoms with Crippen molar-refractivity contribution in [2.75, 3.05) is 7.11 Å². The molecular formula is C11H10N2O5S. The molecule has 0 saturated carbocycles. The molecule has 0 aromatic heterocycles. The van der Waals surface area contributed by atoms with Crippen LogP contribution in [-0.2, 0) is 14.8 Å². The predicted octanol–water partition coefficient (Wildman–Crippen LogP) is 0.185. The number of hydrogen-bond acceptors (Lipinski definition) is 6. The van der Waals surface area contributed by atoms with Gasteiger partial charge in [-0.1, -0.05) is 0 Å². The monoisotopic (exact) mass is 282 g/mol. The Labute approximate surface area is 109 Å². The highest BCUT2D eigenvalue weighted by Gasteiger charge is 2.31. The smallest absolute Gasteiger partial charge is 0.357 e. The van der Waals surface area contributed by atoms with Crippen LogP contribution in [0.2, 0.25) is 0 Å². The molecule has 0 unspecified atom stereocenters. The van der Waals surface area contributed by atoms with Gasteiger partial charge in [0.05, 0.1) is 7.11 Å². The van der Waals surface area contributed by atoms with E-state index in [-0.39, 0.29) is 11.6 Å². The maximum atomic E-state index is 11.7. The van der Waals surface area contributed by atoms with Crippen LogP contribution in [0.3, 0.4) is 0 Å². The summed E-state index contributed by atoms with van der Waals surface area (Å²) >= 11 is 0. The average Bonchev–Trinajstić information content (AvgIpc) is 2.63. The van der Waals surface area contributed by atoms with E-state index in [0.717, 1.165) is 6.08 Å². The van der Waals surface area contributed by atoms with Crippen LogP contribution < -0.4 is 15.2 Å². The molecule has 0 spiro atoms. The second kappa shape index (κ2) is 4.73. The quantitative estimate of drug-likeness (QED) is 0.626. The number of rotatable bonds is 3. The van der Waals surface area contributed by atoms with E-state index >= 15 is 0 Å². The van der Waals surface area contributed by atoms with Crippen molar-refractivity contribution < 1.29 is 22.7 Å². The van der Waals surface area contributed by atoms with Crippen LogP contribution in [0, 0.1) is 0 Å². The molecule has 100 valence electrons. The lowest BCUT2D eigenvalue weighted by Crippen LogP contribution is -2.15. The standard InChI is InChI=1S/C11H10N2O5S/c1-17-7-2-4-8(5-3-7)18-11(14)9-6-10(12)13-19(9,15)16/h2-6H,1H3,(H2,12,13). The summed E-state index contributed by atoms with van der Waals surface area (Å²) in [6.45, 7) is 0. The first-order chi connectivity index (χ1) is 8.92. The number of methoxy groups -OCH3 is 1. The Bertz CT molecular complexity index is 674. The maximum absolute atomic E-state index is 11.7. The summed E-state index contributed by atoms with van der Waals surface area (Å²) in [5, 5.41) is 0. The SMILES string of the molecule is COc1ccc(OC(=O)C2=CC(N)=NS2(=O)=O)cc1. The number of nitrogens with two attached hydrogens (primary N) is 1. The van der Waals surface area contributed by atoms with E-state index in [4.69, 9.17) is 15.2 Å². The number of amidine groups is 1. The topological polar surface area (TPSA) is 108 Å². The van der Waals surface area contributed by atoms with Gasteiger partial charge in [-0.2, -0.15) is 8.42 Å². The number of hydrogen-bond donors (Lipinski definition) is 1. The number of benzene rings is 1. The lowest BCUT2D eigenvalue weighted by atomic mass is 10.3. The summed E-state index contributed by atoms with van der Waals surface area (Å²) in [5.41, 5.74) is 5.24. The van der Waals surface area contributed by atoms with Crippen molar-refractivity contribution in [2.24, 2.45) is 10.1 Å². The molecular weight excluding hydrogens is 272 g/mol. The van der Waals surface area contributed by atoms with Crippen LogP contribution in [0.4, 0.5) is 0 Å². The first kappa shape index (κ1) is 13.1. The minimum absolute atomic E-state index is 0.187. The first-order valence-corrected chi connectivity index (χ1v) is 6.55. The molecule has 1 aromatic carbocycles. The van der Waals surface area contributed by atoms with Gasteiger partial charge in [0, 0.05) is 6.08 Å². The predicted molar refractivity (Wildman–Crippen MR) is 67.3 cm³/mol. The van der Waals surface area contributed by atoms with Gasteiger partial charge < -0.3 is 15.2 Å². The number of esters is 1. The average molecular weight is 282 g/mol. The summed E-state index contributed by atoms with van der Waals surface area (Å²) in [7, 11) is -2.55. The summed E-state index contributed by atoms with van der Waals surface area (Å²) in [4.78, 5) is 11.1. The third kappa shape index (κ3) is 2.74. The first-order valence-electron chi connectivity index (χ1n) is 5.11. The molecule has 1 heterocycles. The molecule has 1 aliphatic heterocycles. The van der Waals surface area contributed by atoms with Gasteiger partial charge in [-0.15, -0.1) is 4.40 Å². The fraction of sp³-hybridized carbons (Fsp3) is 0.0909. The van der Waals surface area contributed by atoms with Gasteiger partial charge in [-0.05, 0) is 24.3 Å². The molecule has 8 heteroatoms. The van der Waals surface area contributed by atoms with E-state index in [0.29, 0.717) is 5.75 Å². The molecule has 7 nitrogen and oxygen atoms in total. The lowest BCUT2D eigenvalue weighted by Gasteiger charge is -2.05. The summed E-state index contributed by atoms with van der Waals surface area (Å²) in [6, 6.07) is 6.10. The largest absolute Gasteiger partial charge is 0.497 e. The number of ether oxygens (including phenoxy) is 2. The van der Waals surface area contributed by atoms with Gasteiger partial charge >= 0.3 is 5.97 Å². The van der Waals surface area contributed by atoms with E-state index in [2.05, 4.69) is 4.40 Å². The Balaban J connectivity index is 2.16. The van der Waals surface area contributed by atoms with Crippen molar-refractivity contribution in [1.82, 2.24) is 0 Å². The Kier molecular flexibility index (Phi) is 3.26. The summed E-state index contributed by atoms with van der Waals surface area (Å²) < 4.78 is 35.9. The molecule has 1 aromatic rings. The number of nitrogens with zero attached hydrogens (tertiary/aromatic N) is 1. The maximum Gasteiger partial charge on any atom is 0.357 e. The molecule has 2 N–H and O–H groups in total. The van der Waals surface area contributed by atoms with E-state index in [1.165, 1.54) is 19.2 Å². The van der Waals surface area contributed by atoms with E-state index in [9.17, 15) is 13.2 Å². The van der Waals surface area contributed by atoms with Crippen molar-refractivity contribution in [1.29, 1.82) is 0 Å². The van der Waals surface area contributed by atoms with Crippen molar-refractivity contribution in [3.8, 4) is 11.5 Å². The third-order valence-electron chi connectivity index (χ3n) is 2.25. The highest BCUT2D eigenvalue weighted by atomic mass is 32.2. The van der Waals surface area contributed by atoms with Gasteiger partial charge in [-0.25, -0.2) is 4.79 Å². The summed E-state index contributed by atoms with van der Waals surface area (Å²) in [6.07, 6.45) is 0.960. The van der Waals surface area contributed by atoms with Gasteiger partial charge in [0.25, 0.3) is 10.0 Å². The molecule has 0 bridgehead atoms. The van der Waals surface area contributed by atoms with E-state index in [1.54, 1.807) is 12.1 Å². The molecule has 19 heavy (non-hydrogen) atoms. The highest BCUT2D eigenvalue weighted by molar-refractivity contribution is 7.95. The fourth-order valence-corrected chi connectivity index (χ4v) is 2.34. The fourth-order valence-electron chi connectivity index (χ4n) is 1.39. The number of carbonyl (C=O) groups excluding carboxylic acids is 1. The zero-order valence-electron chi connectivity index (χ0n) is 9.86. The molecule has 0 amide bonds. The van der Waals surface area contributed by atoms with Crippen molar-refractivity contribution in [3.05, 3.63) is 35.2 Å². The molecule has 0 radical (unpaired) electrons. The van der Waals surface area contributed by atoms with Crippen LogP contribution in [0.25, 0.3) is 0 Å². The second-order valence-electron chi connectivity index (χ2n) is 3.56. The van der Waals surface area contributed by atoms with Crippen LogP contribution in [0.15, 0.2) is 39.6 Å². The normalized spacial score (nSPS) is 16.5. The Hall–Kier alpha value is -2.35. The highest BCUT2D eigenvalue weighted by Crippen LogP contribution is 2.21. The minimum atomic E-state index is -4.04. The molecule has 2 rings (SSSR count). The molecule has 0 fully saturated rings. The lowest BCUT2D eigenvalue weighted by molar-refractivity contribution is -0.129. The Morgan fingerprint density at radius 1 is 1.21 bits per heavy atom. The second-order valence-corrected chi connectivity index (χ2v) is 5.14.